The number of hydrogen-bond acceptors (Lipinski definition) is 4. The molecule has 1 amide bonds. The molecule has 0 aliphatic heterocycles. The van der Waals surface area contributed by atoms with Crippen molar-refractivity contribution < 1.29 is 14.3 Å². The largest absolute Gasteiger partial charge is 0.450 e. The summed E-state index contributed by atoms with van der Waals surface area (Å²) < 4.78 is 4.82. The normalized spacial score (nSPS) is 9.62. The molecule has 0 unspecified atom stereocenters. The Bertz CT molecular complexity index is 379. The fraction of sp³-hybridized carbons (Fsp3) is 0.364. The lowest BCUT2D eigenvalue weighted by molar-refractivity contribution is 0.111. The second-order valence-electron chi connectivity index (χ2n) is 3.23. The van der Waals surface area contributed by atoms with Crippen molar-refractivity contribution in [2.45, 2.75) is 13.5 Å². The van der Waals surface area contributed by atoms with Gasteiger partial charge in [-0.1, -0.05) is 6.07 Å². The van der Waals surface area contributed by atoms with Gasteiger partial charge in [-0.2, -0.15) is 0 Å². The molecule has 16 heavy (non-hydrogen) atoms. The van der Waals surface area contributed by atoms with Crippen LogP contribution in [0.15, 0.2) is 18.2 Å². The Hall–Kier alpha value is -1.91. The predicted octanol–water partition coefficient (Wildman–Crippen LogP) is 1.48. The molecule has 1 heterocycles. The van der Waals surface area contributed by atoms with E-state index in [-0.39, 0.29) is 0 Å². The van der Waals surface area contributed by atoms with E-state index in [0.717, 1.165) is 0 Å². The molecule has 0 aliphatic rings. The van der Waals surface area contributed by atoms with Crippen LogP contribution in [0, 0.1) is 0 Å². The van der Waals surface area contributed by atoms with Gasteiger partial charge in [-0.3, -0.25) is 4.79 Å². The highest BCUT2D eigenvalue weighted by Gasteiger charge is 2.10. The van der Waals surface area contributed by atoms with Gasteiger partial charge < -0.3 is 9.64 Å². The molecule has 0 fully saturated rings. The topological polar surface area (TPSA) is 59.5 Å². The summed E-state index contributed by atoms with van der Waals surface area (Å²) in [7, 11) is 1.62. The number of hydrogen-bond donors (Lipinski definition) is 0. The zero-order chi connectivity index (χ0) is 12.0. The van der Waals surface area contributed by atoms with Crippen LogP contribution < -0.4 is 0 Å². The van der Waals surface area contributed by atoms with Crippen molar-refractivity contribution in [2.24, 2.45) is 0 Å². The third kappa shape index (κ3) is 3.34. The average Bonchev–Trinajstić information content (AvgIpc) is 2.29. The molecule has 0 spiro atoms. The van der Waals surface area contributed by atoms with Gasteiger partial charge in [0.1, 0.15) is 5.69 Å². The van der Waals surface area contributed by atoms with E-state index in [2.05, 4.69) is 4.98 Å². The molecular weight excluding hydrogens is 208 g/mol. The van der Waals surface area contributed by atoms with Crippen LogP contribution in [-0.4, -0.2) is 35.9 Å². The fourth-order valence-corrected chi connectivity index (χ4v) is 1.19. The Morgan fingerprint density at radius 3 is 2.94 bits per heavy atom. The summed E-state index contributed by atoms with van der Waals surface area (Å²) in [5, 5.41) is 0. The molecule has 1 aromatic heterocycles. The molecule has 0 aromatic carbocycles. The molecule has 1 rings (SSSR count). The van der Waals surface area contributed by atoms with Gasteiger partial charge in [-0.05, 0) is 19.1 Å². The van der Waals surface area contributed by atoms with E-state index in [1.807, 2.05) is 0 Å². The van der Waals surface area contributed by atoms with Crippen LogP contribution in [0.5, 0.6) is 0 Å². The van der Waals surface area contributed by atoms with E-state index in [4.69, 9.17) is 4.74 Å². The van der Waals surface area contributed by atoms with Crippen molar-refractivity contribution in [3.8, 4) is 0 Å². The molecular formula is C11H14N2O3. The first-order chi connectivity index (χ1) is 7.67. The number of pyridine rings is 1. The van der Waals surface area contributed by atoms with E-state index in [1.165, 1.54) is 4.90 Å². The van der Waals surface area contributed by atoms with Gasteiger partial charge in [0.05, 0.1) is 18.8 Å². The lowest BCUT2D eigenvalue weighted by Gasteiger charge is -2.15. The summed E-state index contributed by atoms with van der Waals surface area (Å²) in [5.74, 6) is 0. The minimum atomic E-state index is -0.402. The molecule has 0 aliphatic carbocycles. The monoisotopic (exact) mass is 222 g/mol. The summed E-state index contributed by atoms with van der Waals surface area (Å²) in [6.07, 6.45) is 0.272. The second-order valence-corrected chi connectivity index (χ2v) is 3.23. The molecule has 0 saturated carbocycles. The number of amides is 1. The number of aldehydes is 1. The molecule has 0 saturated heterocycles. The highest BCUT2D eigenvalue weighted by Crippen LogP contribution is 2.02. The quantitative estimate of drug-likeness (QED) is 0.724. The number of rotatable bonds is 4. The van der Waals surface area contributed by atoms with Crippen molar-refractivity contribution in [2.75, 3.05) is 13.7 Å². The number of carbonyl (C=O) groups excluding carboxylic acids is 2. The van der Waals surface area contributed by atoms with Crippen molar-refractivity contribution in [1.29, 1.82) is 0 Å². The number of carbonyl (C=O) groups is 2. The summed E-state index contributed by atoms with van der Waals surface area (Å²) >= 11 is 0. The maximum Gasteiger partial charge on any atom is 0.409 e. The second kappa shape index (κ2) is 5.85. The van der Waals surface area contributed by atoms with E-state index in [1.54, 1.807) is 32.2 Å². The van der Waals surface area contributed by atoms with E-state index >= 15 is 0 Å². The zero-order valence-corrected chi connectivity index (χ0v) is 9.34. The van der Waals surface area contributed by atoms with Gasteiger partial charge in [0.2, 0.25) is 0 Å². The van der Waals surface area contributed by atoms with Gasteiger partial charge in [-0.25, -0.2) is 9.78 Å². The highest BCUT2D eigenvalue weighted by molar-refractivity contribution is 5.71. The number of aromatic nitrogens is 1. The predicted molar refractivity (Wildman–Crippen MR) is 58.1 cm³/mol. The van der Waals surface area contributed by atoms with E-state index < -0.39 is 6.09 Å². The summed E-state index contributed by atoms with van der Waals surface area (Å²) in [4.78, 5) is 27.3. The average molecular weight is 222 g/mol. The van der Waals surface area contributed by atoms with Gasteiger partial charge in [0, 0.05) is 7.05 Å². The maximum atomic E-state index is 11.3. The lowest BCUT2D eigenvalue weighted by atomic mass is 10.3. The minimum absolute atomic E-state index is 0.320. The van der Waals surface area contributed by atoms with Crippen molar-refractivity contribution in [3.05, 3.63) is 29.6 Å². The molecule has 0 radical (unpaired) electrons. The SMILES string of the molecule is CCOC(=O)N(C)Cc1cccc(C=O)n1. The first-order valence-corrected chi connectivity index (χ1v) is 4.96. The van der Waals surface area contributed by atoms with Crippen molar-refractivity contribution in [3.63, 3.8) is 0 Å². The Balaban J connectivity index is 2.65. The molecule has 1 aromatic rings. The van der Waals surface area contributed by atoms with E-state index in [0.29, 0.717) is 30.8 Å². The standard InChI is InChI=1S/C11H14N2O3/c1-3-16-11(15)13(2)7-9-5-4-6-10(8-14)12-9/h4-6,8H,3,7H2,1-2H3. The van der Waals surface area contributed by atoms with Gasteiger partial charge >= 0.3 is 6.09 Å². The first-order valence-electron chi connectivity index (χ1n) is 4.96. The Kier molecular flexibility index (Phi) is 4.44. The molecule has 0 N–H and O–H groups in total. The van der Waals surface area contributed by atoms with E-state index in [9.17, 15) is 9.59 Å². The minimum Gasteiger partial charge on any atom is -0.450 e. The Morgan fingerprint density at radius 2 is 2.31 bits per heavy atom. The summed E-state index contributed by atoms with van der Waals surface area (Å²) in [6.45, 7) is 2.41. The molecule has 5 nitrogen and oxygen atoms in total. The maximum absolute atomic E-state index is 11.3. The van der Waals surface area contributed by atoms with Gasteiger partial charge in [0.25, 0.3) is 0 Å². The van der Waals surface area contributed by atoms with Gasteiger partial charge in [-0.15, -0.1) is 0 Å². The third-order valence-electron chi connectivity index (χ3n) is 1.93. The van der Waals surface area contributed by atoms with Crippen molar-refractivity contribution >= 4 is 12.4 Å². The number of nitrogens with zero attached hydrogens (tertiary/aromatic N) is 2. The van der Waals surface area contributed by atoms with Crippen LogP contribution in [0.25, 0.3) is 0 Å². The first kappa shape index (κ1) is 12.2. The lowest BCUT2D eigenvalue weighted by Crippen LogP contribution is -2.27. The van der Waals surface area contributed by atoms with Crippen LogP contribution in [0.4, 0.5) is 4.79 Å². The van der Waals surface area contributed by atoms with Gasteiger partial charge in [0.15, 0.2) is 6.29 Å². The molecule has 5 heteroatoms. The van der Waals surface area contributed by atoms with Crippen LogP contribution in [-0.2, 0) is 11.3 Å². The fourth-order valence-electron chi connectivity index (χ4n) is 1.19. The Morgan fingerprint density at radius 1 is 1.56 bits per heavy atom. The molecule has 0 atom stereocenters. The Labute approximate surface area is 94.0 Å². The summed E-state index contributed by atoms with van der Waals surface area (Å²) in [6, 6.07) is 5.09. The van der Waals surface area contributed by atoms with Crippen LogP contribution in [0.1, 0.15) is 23.1 Å². The van der Waals surface area contributed by atoms with Crippen molar-refractivity contribution in [1.82, 2.24) is 9.88 Å². The van der Waals surface area contributed by atoms with Crippen LogP contribution >= 0.6 is 0 Å². The molecule has 0 bridgehead atoms. The molecule has 86 valence electrons. The van der Waals surface area contributed by atoms with Crippen LogP contribution in [0.3, 0.4) is 0 Å². The van der Waals surface area contributed by atoms with Crippen LogP contribution in [0.2, 0.25) is 0 Å². The highest BCUT2D eigenvalue weighted by atomic mass is 16.5. The zero-order valence-electron chi connectivity index (χ0n) is 9.34. The smallest absolute Gasteiger partial charge is 0.409 e. The summed E-state index contributed by atoms with van der Waals surface area (Å²) in [5.41, 5.74) is 1.01. The third-order valence-corrected chi connectivity index (χ3v) is 1.93. The number of ether oxygens (including phenoxy) is 1.